The first-order chi connectivity index (χ1) is 15.6. The van der Waals surface area contributed by atoms with Gasteiger partial charge in [-0.05, 0) is 30.7 Å². The molecule has 0 spiro atoms. The molecule has 1 saturated heterocycles. The molecular weight excluding hydrogens is 414 g/mol. The third-order valence-electron chi connectivity index (χ3n) is 5.48. The van der Waals surface area contributed by atoms with Gasteiger partial charge in [0.2, 0.25) is 0 Å². The van der Waals surface area contributed by atoms with Crippen LogP contribution in [-0.4, -0.2) is 78.8 Å². The lowest BCUT2D eigenvalue weighted by atomic mass is 9.99. The zero-order valence-corrected chi connectivity index (χ0v) is 18.5. The first-order valence-corrected chi connectivity index (χ1v) is 11.2. The first kappa shape index (κ1) is 24.2. The molecule has 9 heteroatoms. The first-order valence-electron chi connectivity index (χ1n) is 11.2. The molecule has 0 bridgehead atoms. The normalized spacial score (nSPS) is 16.6. The molecule has 1 fully saturated rings. The van der Waals surface area contributed by atoms with E-state index in [2.05, 4.69) is 15.4 Å². The third kappa shape index (κ3) is 7.03. The van der Waals surface area contributed by atoms with Crippen molar-refractivity contribution in [1.82, 2.24) is 15.4 Å². The van der Waals surface area contributed by atoms with Gasteiger partial charge in [-0.2, -0.15) is 0 Å². The van der Waals surface area contributed by atoms with Crippen LogP contribution in [0.15, 0.2) is 34.9 Å². The van der Waals surface area contributed by atoms with E-state index in [1.54, 1.807) is 30.3 Å². The number of phenols is 1. The van der Waals surface area contributed by atoms with Gasteiger partial charge >= 0.3 is 5.97 Å². The van der Waals surface area contributed by atoms with Crippen molar-refractivity contribution in [2.45, 2.75) is 25.9 Å². The van der Waals surface area contributed by atoms with E-state index >= 15 is 0 Å². The van der Waals surface area contributed by atoms with Crippen LogP contribution >= 0.6 is 0 Å². The lowest BCUT2D eigenvalue weighted by Gasteiger charge is -2.27. The summed E-state index contributed by atoms with van der Waals surface area (Å²) >= 11 is 0. The number of phenolic OH excluding ortho intramolecular Hbond substituents is 1. The molecule has 3 rings (SSSR count). The van der Waals surface area contributed by atoms with Gasteiger partial charge in [-0.15, -0.1) is 0 Å². The fraction of sp³-hybridized carbons (Fsp3) is 0.565. The molecule has 1 aliphatic rings. The van der Waals surface area contributed by atoms with Crippen molar-refractivity contribution in [2.24, 2.45) is 5.92 Å². The Morgan fingerprint density at radius 2 is 2.03 bits per heavy atom. The molecule has 0 aliphatic carbocycles. The van der Waals surface area contributed by atoms with Crippen LogP contribution in [0.3, 0.4) is 0 Å². The number of ether oxygens (including phenoxy) is 2. The van der Waals surface area contributed by atoms with E-state index in [1.165, 1.54) is 0 Å². The maximum absolute atomic E-state index is 12.7. The van der Waals surface area contributed by atoms with Crippen molar-refractivity contribution in [3.8, 4) is 17.0 Å². The second-order valence-corrected chi connectivity index (χ2v) is 7.89. The molecule has 2 atom stereocenters. The van der Waals surface area contributed by atoms with Gasteiger partial charge in [0.25, 0.3) is 0 Å². The van der Waals surface area contributed by atoms with Gasteiger partial charge in [0.1, 0.15) is 23.5 Å². The van der Waals surface area contributed by atoms with Crippen LogP contribution in [0.2, 0.25) is 0 Å². The number of aliphatic hydroxyl groups excluding tert-OH is 1. The molecule has 2 aromatic rings. The van der Waals surface area contributed by atoms with E-state index in [4.69, 9.17) is 14.0 Å². The minimum absolute atomic E-state index is 0.149. The number of unbranched alkanes of at least 4 members (excludes halogenated alkanes) is 1. The average molecular weight is 448 g/mol. The van der Waals surface area contributed by atoms with Crippen LogP contribution in [0.4, 0.5) is 0 Å². The van der Waals surface area contributed by atoms with Gasteiger partial charge < -0.3 is 29.5 Å². The number of carbonyl (C=O) groups is 1. The van der Waals surface area contributed by atoms with Gasteiger partial charge in [0.05, 0.1) is 19.8 Å². The minimum Gasteiger partial charge on any atom is -0.508 e. The molecule has 1 aromatic heterocycles. The van der Waals surface area contributed by atoms with Gasteiger partial charge in [-0.3, -0.25) is 9.69 Å². The zero-order valence-electron chi connectivity index (χ0n) is 18.5. The number of hydrogen-bond donors (Lipinski definition) is 3. The smallest absolute Gasteiger partial charge is 0.313 e. The van der Waals surface area contributed by atoms with Crippen molar-refractivity contribution in [2.75, 3.05) is 52.5 Å². The van der Waals surface area contributed by atoms with Crippen LogP contribution < -0.4 is 5.32 Å². The molecule has 176 valence electrons. The van der Waals surface area contributed by atoms with Crippen LogP contribution in [0.5, 0.6) is 5.75 Å². The number of carbonyl (C=O) groups excluding carboxylic acids is 1. The number of hydrogen-bond acceptors (Lipinski definition) is 9. The summed E-state index contributed by atoms with van der Waals surface area (Å²) in [5.74, 6) is -0.944. The lowest BCUT2D eigenvalue weighted by molar-refractivity contribution is -0.153. The van der Waals surface area contributed by atoms with Crippen molar-refractivity contribution in [1.29, 1.82) is 0 Å². The summed E-state index contributed by atoms with van der Waals surface area (Å²) in [7, 11) is 0. The Hall–Kier alpha value is -2.46. The van der Waals surface area contributed by atoms with E-state index in [9.17, 15) is 15.0 Å². The summed E-state index contributed by atoms with van der Waals surface area (Å²) in [6.07, 6.45) is 0.487. The number of esters is 1. The summed E-state index contributed by atoms with van der Waals surface area (Å²) in [4.78, 5) is 15.0. The molecule has 0 saturated carbocycles. The number of morpholine rings is 1. The molecule has 2 unspecified atom stereocenters. The second kappa shape index (κ2) is 12.5. The highest BCUT2D eigenvalue weighted by atomic mass is 16.5. The largest absolute Gasteiger partial charge is 0.508 e. The Morgan fingerprint density at radius 3 is 2.75 bits per heavy atom. The maximum atomic E-state index is 12.7. The van der Waals surface area contributed by atoms with Crippen LogP contribution in [0.1, 0.15) is 31.6 Å². The van der Waals surface area contributed by atoms with E-state index in [1.807, 2.05) is 6.92 Å². The minimum atomic E-state index is -1.20. The molecule has 3 N–H and O–H groups in total. The van der Waals surface area contributed by atoms with E-state index < -0.39 is 18.0 Å². The van der Waals surface area contributed by atoms with E-state index in [0.29, 0.717) is 18.8 Å². The summed E-state index contributed by atoms with van der Waals surface area (Å²) in [6.45, 7) is 7.38. The Kier molecular flexibility index (Phi) is 9.48. The number of aromatic nitrogens is 1. The Morgan fingerprint density at radius 1 is 1.28 bits per heavy atom. The van der Waals surface area contributed by atoms with Crippen molar-refractivity contribution < 1.29 is 29.0 Å². The second-order valence-electron chi connectivity index (χ2n) is 7.89. The molecule has 9 nitrogen and oxygen atoms in total. The molecule has 1 aromatic carbocycles. The fourth-order valence-corrected chi connectivity index (χ4v) is 3.46. The van der Waals surface area contributed by atoms with Gasteiger partial charge in [-0.1, -0.05) is 18.5 Å². The number of aromatic hydroxyl groups is 1. The zero-order chi connectivity index (χ0) is 22.8. The molecule has 32 heavy (non-hydrogen) atoms. The standard InChI is InChI=1S/C23H33N3O6/c1-2-3-12-31-23(29)19(16-24-8-9-26-10-13-30-14-11-26)22(28)21-15-20(25-32-21)17-4-6-18(27)7-5-17/h4-7,15,19,22,24,27-28H,2-3,8-14,16H2,1H3. The number of aliphatic hydroxyl groups is 1. The highest BCUT2D eigenvalue weighted by Crippen LogP contribution is 2.28. The average Bonchev–Trinajstić information content (AvgIpc) is 3.30. The van der Waals surface area contributed by atoms with Crippen LogP contribution in [0, 0.1) is 5.92 Å². The fourth-order valence-electron chi connectivity index (χ4n) is 3.46. The van der Waals surface area contributed by atoms with Crippen LogP contribution in [0.25, 0.3) is 11.3 Å². The van der Waals surface area contributed by atoms with E-state index in [-0.39, 0.29) is 18.1 Å². The molecule has 1 aliphatic heterocycles. The predicted octanol–water partition coefficient (Wildman–Crippen LogP) is 1.96. The maximum Gasteiger partial charge on any atom is 0.313 e. The predicted molar refractivity (Wildman–Crippen MR) is 118 cm³/mol. The molecular formula is C23H33N3O6. The molecule has 2 heterocycles. The Labute approximate surface area is 188 Å². The number of benzene rings is 1. The number of nitrogens with one attached hydrogen (secondary N) is 1. The highest BCUT2D eigenvalue weighted by molar-refractivity contribution is 5.73. The Balaban J connectivity index is 1.61. The summed E-state index contributed by atoms with van der Waals surface area (Å²) in [5.41, 5.74) is 1.24. The number of nitrogens with zero attached hydrogens (tertiary/aromatic N) is 2. The van der Waals surface area contributed by atoms with Crippen molar-refractivity contribution in [3.05, 3.63) is 36.1 Å². The van der Waals surface area contributed by atoms with Gasteiger partial charge in [-0.25, -0.2) is 0 Å². The molecule has 0 radical (unpaired) electrons. The summed E-state index contributed by atoms with van der Waals surface area (Å²) < 4.78 is 16.1. The quantitative estimate of drug-likeness (QED) is 0.331. The monoisotopic (exact) mass is 447 g/mol. The number of rotatable bonds is 12. The summed E-state index contributed by atoms with van der Waals surface area (Å²) in [5, 5.41) is 27.6. The summed E-state index contributed by atoms with van der Waals surface area (Å²) in [6, 6.07) is 8.11. The lowest BCUT2D eigenvalue weighted by Crippen LogP contribution is -2.42. The van der Waals surface area contributed by atoms with Gasteiger partial charge in [0, 0.05) is 44.4 Å². The van der Waals surface area contributed by atoms with E-state index in [0.717, 1.165) is 51.3 Å². The topological polar surface area (TPSA) is 117 Å². The molecule has 0 amide bonds. The Bertz CT molecular complexity index is 819. The third-order valence-corrected chi connectivity index (χ3v) is 5.48. The van der Waals surface area contributed by atoms with Crippen molar-refractivity contribution >= 4 is 5.97 Å². The van der Waals surface area contributed by atoms with Gasteiger partial charge in [0.15, 0.2) is 5.76 Å². The van der Waals surface area contributed by atoms with Crippen molar-refractivity contribution in [3.63, 3.8) is 0 Å². The highest BCUT2D eigenvalue weighted by Gasteiger charge is 2.32. The SMILES string of the molecule is CCCCOC(=O)C(CNCCN1CCOCC1)C(O)c1cc(-c2ccc(O)cc2)no1. The van der Waals surface area contributed by atoms with Crippen LogP contribution in [-0.2, 0) is 14.3 Å².